The SMILES string of the molecule is C=CC(=O)N1CC[C@H](n2cc(-c3ccc4ccccc4c3)c3c(N)n[nH]c(=O)c32)C1. The van der Waals surface area contributed by atoms with Crippen molar-refractivity contribution in [1.29, 1.82) is 0 Å². The summed E-state index contributed by atoms with van der Waals surface area (Å²) in [6.07, 6.45) is 4.04. The Morgan fingerprint density at radius 2 is 2.03 bits per heavy atom. The molecule has 5 rings (SSSR count). The Balaban J connectivity index is 1.70. The molecule has 0 unspecified atom stereocenters. The van der Waals surface area contributed by atoms with Crippen molar-refractivity contribution in [2.45, 2.75) is 12.5 Å². The van der Waals surface area contributed by atoms with Crippen LogP contribution in [-0.4, -0.2) is 38.7 Å². The number of fused-ring (bicyclic) bond motifs is 2. The second kappa shape index (κ2) is 6.88. The molecular weight excluding hydrogens is 378 g/mol. The van der Waals surface area contributed by atoms with Crippen LogP contribution in [-0.2, 0) is 4.79 Å². The molecule has 0 spiro atoms. The second-order valence-electron chi connectivity index (χ2n) is 7.60. The molecule has 3 heterocycles. The van der Waals surface area contributed by atoms with Gasteiger partial charge in [-0.25, -0.2) is 5.10 Å². The number of amides is 1. The Morgan fingerprint density at radius 3 is 2.83 bits per heavy atom. The molecule has 30 heavy (non-hydrogen) atoms. The molecule has 2 aromatic carbocycles. The Bertz CT molecular complexity index is 1370. The number of carbonyl (C=O) groups is 1. The summed E-state index contributed by atoms with van der Waals surface area (Å²) in [5.74, 6) is 0.183. The smallest absolute Gasteiger partial charge is 0.288 e. The minimum Gasteiger partial charge on any atom is -0.382 e. The van der Waals surface area contributed by atoms with Gasteiger partial charge >= 0.3 is 0 Å². The number of hydrogen-bond donors (Lipinski definition) is 2. The highest BCUT2D eigenvalue weighted by atomic mass is 16.2. The highest BCUT2D eigenvalue weighted by Crippen LogP contribution is 2.36. The van der Waals surface area contributed by atoms with Gasteiger partial charge in [-0.2, -0.15) is 5.10 Å². The van der Waals surface area contributed by atoms with E-state index in [4.69, 9.17) is 5.73 Å². The van der Waals surface area contributed by atoms with Crippen LogP contribution < -0.4 is 11.3 Å². The largest absolute Gasteiger partial charge is 0.382 e. The van der Waals surface area contributed by atoms with E-state index in [1.165, 1.54) is 6.08 Å². The zero-order chi connectivity index (χ0) is 20.8. The standard InChI is InChI=1S/C23H21N5O2/c1-2-19(29)27-10-9-17(12-27)28-13-18(20-21(28)23(30)26-25-22(20)24)16-8-7-14-5-3-4-6-15(14)11-16/h2-8,11,13,17H,1,9-10,12H2,(H2,24,25)(H,26,30)/t17-/m0/s1. The normalized spacial score (nSPS) is 16.4. The molecule has 150 valence electrons. The number of nitrogens with one attached hydrogen (secondary N) is 1. The van der Waals surface area contributed by atoms with Gasteiger partial charge in [0.05, 0.1) is 11.4 Å². The number of anilines is 1. The van der Waals surface area contributed by atoms with Crippen LogP contribution in [0, 0.1) is 0 Å². The lowest BCUT2D eigenvalue weighted by molar-refractivity contribution is -0.125. The van der Waals surface area contributed by atoms with Crippen molar-refractivity contribution in [2.24, 2.45) is 0 Å². The average Bonchev–Trinajstić information content (AvgIpc) is 3.41. The number of rotatable bonds is 3. The first-order valence-corrected chi connectivity index (χ1v) is 9.86. The summed E-state index contributed by atoms with van der Waals surface area (Å²) in [5.41, 5.74) is 8.24. The third-order valence-corrected chi connectivity index (χ3v) is 5.89. The summed E-state index contributed by atoms with van der Waals surface area (Å²) in [6, 6.07) is 14.3. The molecule has 0 radical (unpaired) electrons. The van der Waals surface area contributed by atoms with E-state index in [0.717, 1.165) is 28.3 Å². The molecule has 1 fully saturated rings. The van der Waals surface area contributed by atoms with Crippen molar-refractivity contribution in [2.75, 3.05) is 18.8 Å². The van der Waals surface area contributed by atoms with E-state index in [1.54, 1.807) is 4.90 Å². The van der Waals surface area contributed by atoms with Gasteiger partial charge in [0.15, 0.2) is 5.82 Å². The number of nitrogens with zero attached hydrogens (tertiary/aromatic N) is 3. The molecule has 4 aromatic rings. The van der Waals surface area contributed by atoms with Crippen molar-refractivity contribution >= 4 is 33.4 Å². The van der Waals surface area contributed by atoms with Crippen LogP contribution in [0.25, 0.3) is 32.8 Å². The molecule has 1 aliphatic heterocycles. The molecule has 1 atom stereocenters. The number of aromatic amines is 1. The summed E-state index contributed by atoms with van der Waals surface area (Å²) in [5, 5.41) is 9.39. The van der Waals surface area contributed by atoms with E-state index in [1.807, 2.05) is 29.0 Å². The average molecular weight is 399 g/mol. The van der Waals surface area contributed by atoms with E-state index in [0.29, 0.717) is 24.0 Å². The summed E-state index contributed by atoms with van der Waals surface area (Å²) < 4.78 is 1.95. The first-order chi connectivity index (χ1) is 14.6. The van der Waals surface area contributed by atoms with Gasteiger partial charge in [-0.1, -0.05) is 43.0 Å². The van der Waals surface area contributed by atoms with Gasteiger partial charge in [-0.05, 0) is 34.9 Å². The molecule has 7 heteroatoms. The molecular formula is C23H21N5O2. The van der Waals surface area contributed by atoms with E-state index >= 15 is 0 Å². The predicted molar refractivity (Wildman–Crippen MR) is 118 cm³/mol. The quantitative estimate of drug-likeness (QED) is 0.517. The van der Waals surface area contributed by atoms with Gasteiger partial charge in [-0.15, -0.1) is 0 Å². The fraction of sp³-hybridized carbons (Fsp3) is 0.174. The van der Waals surface area contributed by atoms with Crippen molar-refractivity contribution in [3.63, 3.8) is 0 Å². The van der Waals surface area contributed by atoms with Gasteiger partial charge in [0.2, 0.25) is 5.91 Å². The topological polar surface area (TPSA) is 97.0 Å². The van der Waals surface area contributed by atoms with Crippen molar-refractivity contribution in [1.82, 2.24) is 19.7 Å². The van der Waals surface area contributed by atoms with Gasteiger partial charge in [-0.3, -0.25) is 9.59 Å². The lowest BCUT2D eigenvalue weighted by Gasteiger charge is -2.16. The number of nitrogen functional groups attached to an aromatic ring is 1. The lowest BCUT2D eigenvalue weighted by Crippen LogP contribution is -2.27. The van der Waals surface area contributed by atoms with Gasteiger partial charge < -0.3 is 15.2 Å². The first-order valence-electron chi connectivity index (χ1n) is 9.86. The highest BCUT2D eigenvalue weighted by molar-refractivity contribution is 6.03. The minimum atomic E-state index is -0.292. The van der Waals surface area contributed by atoms with Crippen LogP contribution in [0.2, 0.25) is 0 Å². The summed E-state index contributed by atoms with van der Waals surface area (Å²) >= 11 is 0. The molecule has 1 amide bonds. The Hall–Kier alpha value is -3.87. The number of benzene rings is 2. The Kier molecular flexibility index (Phi) is 4.17. The van der Waals surface area contributed by atoms with E-state index in [9.17, 15) is 9.59 Å². The van der Waals surface area contributed by atoms with Gasteiger partial charge in [0, 0.05) is 24.8 Å². The fourth-order valence-corrected chi connectivity index (χ4v) is 4.40. The number of likely N-dealkylation sites (tertiary alicyclic amines) is 1. The molecule has 0 saturated carbocycles. The number of carbonyl (C=O) groups excluding carboxylic acids is 1. The zero-order valence-electron chi connectivity index (χ0n) is 16.3. The Labute approximate surface area is 172 Å². The van der Waals surface area contributed by atoms with E-state index in [-0.39, 0.29) is 23.3 Å². The fourth-order valence-electron chi connectivity index (χ4n) is 4.40. The third kappa shape index (κ3) is 2.78. The molecule has 0 bridgehead atoms. The zero-order valence-corrected chi connectivity index (χ0v) is 16.3. The molecule has 0 aliphatic carbocycles. The van der Waals surface area contributed by atoms with Gasteiger partial charge in [0.25, 0.3) is 5.56 Å². The van der Waals surface area contributed by atoms with Crippen molar-refractivity contribution in [3.8, 4) is 11.1 Å². The maximum absolute atomic E-state index is 12.7. The molecule has 1 aliphatic rings. The van der Waals surface area contributed by atoms with Crippen molar-refractivity contribution < 1.29 is 4.79 Å². The highest BCUT2D eigenvalue weighted by Gasteiger charge is 2.29. The summed E-state index contributed by atoms with van der Waals surface area (Å²) in [7, 11) is 0. The van der Waals surface area contributed by atoms with Crippen molar-refractivity contribution in [3.05, 3.63) is 71.7 Å². The summed E-state index contributed by atoms with van der Waals surface area (Å²) in [6.45, 7) is 4.71. The number of hydrogen-bond acceptors (Lipinski definition) is 4. The van der Waals surface area contributed by atoms with Crippen LogP contribution in [0.5, 0.6) is 0 Å². The van der Waals surface area contributed by atoms with E-state index in [2.05, 4.69) is 41.0 Å². The summed E-state index contributed by atoms with van der Waals surface area (Å²) in [4.78, 5) is 26.5. The molecule has 7 nitrogen and oxygen atoms in total. The molecule has 1 saturated heterocycles. The van der Waals surface area contributed by atoms with Crippen LogP contribution >= 0.6 is 0 Å². The van der Waals surface area contributed by atoms with E-state index < -0.39 is 0 Å². The van der Waals surface area contributed by atoms with Crippen LogP contribution in [0.15, 0.2) is 66.1 Å². The number of nitrogens with two attached hydrogens (primary N) is 1. The first kappa shape index (κ1) is 18.2. The van der Waals surface area contributed by atoms with Gasteiger partial charge in [0.1, 0.15) is 5.52 Å². The number of H-pyrrole nitrogens is 1. The molecule has 3 N–H and O–H groups in total. The van der Waals surface area contributed by atoms with Crippen LogP contribution in [0.3, 0.4) is 0 Å². The monoisotopic (exact) mass is 399 g/mol. The Morgan fingerprint density at radius 1 is 1.23 bits per heavy atom. The second-order valence-corrected chi connectivity index (χ2v) is 7.60. The minimum absolute atomic E-state index is 0.0199. The maximum atomic E-state index is 12.7. The predicted octanol–water partition coefficient (Wildman–Crippen LogP) is 3.09. The maximum Gasteiger partial charge on any atom is 0.288 e. The van der Waals surface area contributed by atoms with Crippen LogP contribution in [0.4, 0.5) is 5.82 Å². The lowest BCUT2D eigenvalue weighted by atomic mass is 10.0. The number of aromatic nitrogens is 3. The third-order valence-electron chi connectivity index (χ3n) is 5.89. The van der Waals surface area contributed by atoms with Crippen LogP contribution in [0.1, 0.15) is 12.5 Å². The molecule has 2 aromatic heterocycles.